The van der Waals surface area contributed by atoms with Crippen molar-refractivity contribution in [1.29, 1.82) is 0 Å². The number of thiazole rings is 1. The highest BCUT2D eigenvalue weighted by molar-refractivity contribution is 7.18. The van der Waals surface area contributed by atoms with Gasteiger partial charge in [-0.05, 0) is 54.3 Å². The zero-order valence-corrected chi connectivity index (χ0v) is 23.4. The van der Waals surface area contributed by atoms with Crippen LogP contribution in [0.4, 0.5) is 5.00 Å². The maximum absolute atomic E-state index is 13.0. The summed E-state index contributed by atoms with van der Waals surface area (Å²) in [4.78, 5) is 45.1. The second kappa shape index (κ2) is 11.2. The Morgan fingerprint density at radius 2 is 1.95 bits per heavy atom. The molecule has 3 amide bonds. The molecular formula is C28H32N6O3S2. The van der Waals surface area contributed by atoms with Crippen molar-refractivity contribution >= 4 is 45.4 Å². The van der Waals surface area contributed by atoms with E-state index in [0.29, 0.717) is 35.4 Å². The van der Waals surface area contributed by atoms with Crippen LogP contribution in [0.5, 0.6) is 0 Å². The van der Waals surface area contributed by atoms with Crippen molar-refractivity contribution in [2.75, 3.05) is 38.0 Å². The molecule has 39 heavy (non-hydrogen) atoms. The van der Waals surface area contributed by atoms with Gasteiger partial charge in [-0.1, -0.05) is 12.1 Å². The van der Waals surface area contributed by atoms with Gasteiger partial charge in [0.1, 0.15) is 0 Å². The second-order valence-electron chi connectivity index (χ2n) is 10.5. The van der Waals surface area contributed by atoms with Gasteiger partial charge < -0.3 is 26.2 Å². The van der Waals surface area contributed by atoms with E-state index in [-0.39, 0.29) is 29.7 Å². The van der Waals surface area contributed by atoms with E-state index in [9.17, 15) is 14.4 Å². The van der Waals surface area contributed by atoms with Crippen molar-refractivity contribution in [2.24, 2.45) is 0 Å². The molecule has 1 atom stereocenters. The van der Waals surface area contributed by atoms with Gasteiger partial charge in [0.15, 0.2) is 0 Å². The summed E-state index contributed by atoms with van der Waals surface area (Å²) < 4.78 is 0. The number of anilines is 1. The molecule has 0 spiro atoms. The number of rotatable bonds is 8. The van der Waals surface area contributed by atoms with Crippen LogP contribution in [-0.2, 0) is 16.1 Å². The van der Waals surface area contributed by atoms with Crippen molar-refractivity contribution in [3.05, 3.63) is 57.5 Å². The standard InChI is InChI=1S/C28H32N6O3S2/c1-16(35)31-12-18-5-4-17(9-21(18)19-10-29-11-19)24-13-32-27(39-24)20-14-34(15-20)28(37)23-6-7-25(38-23)33-26(36)22-3-2-8-30-22/h4-7,9,13,19-20,22,29-30H,2-3,8,10-12,14-15H2,1H3,(H,31,35)(H,33,36)/t22-/m0/s1. The monoisotopic (exact) mass is 564 g/mol. The highest BCUT2D eigenvalue weighted by atomic mass is 32.1. The molecule has 0 unspecified atom stereocenters. The van der Waals surface area contributed by atoms with Crippen LogP contribution in [0.3, 0.4) is 0 Å². The lowest BCUT2D eigenvalue weighted by Gasteiger charge is -2.37. The van der Waals surface area contributed by atoms with E-state index in [1.54, 1.807) is 24.3 Å². The van der Waals surface area contributed by atoms with Gasteiger partial charge in [-0.15, -0.1) is 22.7 Å². The van der Waals surface area contributed by atoms with Crippen LogP contribution < -0.4 is 21.3 Å². The number of hydrogen-bond acceptors (Lipinski definition) is 8. The molecule has 0 radical (unpaired) electrons. The molecule has 3 fully saturated rings. The first-order chi connectivity index (χ1) is 18.9. The Kier molecular flexibility index (Phi) is 7.48. The first-order valence-corrected chi connectivity index (χ1v) is 15.1. The van der Waals surface area contributed by atoms with Gasteiger partial charge in [0, 0.05) is 57.7 Å². The van der Waals surface area contributed by atoms with Gasteiger partial charge in [-0.3, -0.25) is 14.4 Å². The normalized spacial score (nSPS) is 19.4. The predicted molar refractivity (Wildman–Crippen MR) is 153 cm³/mol. The van der Waals surface area contributed by atoms with Crippen LogP contribution in [0.2, 0.25) is 0 Å². The summed E-state index contributed by atoms with van der Waals surface area (Å²) in [6.07, 6.45) is 3.79. The molecule has 0 bridgehead atoms. The fourth-order valence-electron chi connectivity index (χ4n) is 5.22. The zero-order chi connectivity index (χ0) is 26.9. The molecule has 0 aliphatic carbocycles. The topological polar surface area (TPSA) is 115 Å². The summed E-state index contributed by atoms with van der Waals surface area (Å²) in [6, 6.07) is 9.93. The van der Waals surface area contributed by atoms with Crippen molar-refractivity contribution in [3.8, 4) is 10.4 Å². The second-order valence-corrected chi connectivity index (χ2v) is 12.6. The van der Waals surface area contributed by atoms with Gasteiger partial charge in [0.05, 0.1) is 25.8 Å². The van der Waals surface area contributed by atoms with E-state index in [2.05, 4.69) is 39.5 Å². The summed E-state index contributed by atoms with van der Waals surface area (Å²) in [5.41, 5.74) is 3.58. The number of carbonyl (C=O) groups excluding carboxylic acids is 3. The first kappa shape index (κ1) is 26.1. The van der Waals surface area contributed by atoms with Gasteiger partial charge in [0.2, 0.25) is 11.8 Å². The number of nitrogens with one attached hydrogen (secondary N) is 4. The maximum Gasteiger partial charge on any atom is 0.264 e. The fraction of sp³-hybridized carbons (Fsp3) is 0.429. The average Bonchev–Trinajstić information content (AvgIpc) is 3.63. The minimum Gasteiger partial charge on any atom is -0.352 e. The molecular weight excluding hydrogens is 532 g/mol. The zero-order valence-electron chi connectivity index (χ0n) is 21.8. The van der Waals surface area contributed by atoms with E-state index in [4.69, 9.17) is 4.98 Å². The lowest BCUT2D eigenvalue weighted by Crippen LogP contribution is -2.48. The van der Waals surface area contributed by atoms with E-state index in [0.717, 1.165) is 53.5 Å². The highest BCUT2D eigenvalue weighted by Crippen LogP contribution is 2.37. The van der Waals surface area contributed by atoms with E-state index in [1.165, 1.54) is 16.9 Å². The van der Waals surface area contributed by atoms with Crippen molar-refractivity contribution in [2.45, 2.75) is 44.2 Å². The number of thiophene rings is 1. The molecule has 4 N–H and O–H groups in total. The molecule has 5 heterocycles. The van der Waals surface area contributed by atoms with Crippen LogP contribution in [0.1, 0.15) is 57.4 Å². The number of hydrogen-bond donors (Lipinski definition) is 4. The smallest absolute Gasteiger partial charge is 0.264 e. The van der Waals surface area contributed by atoms with Crippen molar-refractivity contribution < 1.29 is 14.4 Å². The maximum atomic E-state index is 13.0. The number of aromatic nitrogens is 1. The third-order valence-electron chi connectivity index (χ3n) is 7.66. The molecule has 3 aromatic rings. The van der Waals surface area contributed by atoms with Crippen molar-refractivity contribution in [1.82, 2.24) is 25.8 Å². The quantitative estimate of drug-likeness (QED) is 0.334. The fourth-order valence-corrected chi connectivity index (χ4v) is 7.09. The molecule has 2 aromatic heterocycles. The van der Waals surface area contributed by atoms with Crippen molar-refractivity contribution in [3.63, 3.8) is 0 Å². The molecule has 0 saturated carbocycles. The number of nitrogens with zero attached hydrogens (tertiary/aromatic N) is 2. The van der Waals surface area contributed by atoms with E-state index < -0.39 is 0 Å². The highest BCUT2D eigenvalue weighted by Gasteiger charge is 2.35. The Morgan fingerprint density at radius 3 is 2.67 bits per heavy atom. The number of benzene rings is 1. The molecule has 11 heteroatoms. The molecule has 3 saturated heterocycles. The van der Waals surface area contributed by atoms with Gasteiger partial charge >= 0.3 is 0 Å². The molecule has 3 aliphatic rings. The Hall–Kier alpha value is -3.12. The van der Waals surface area contributed by atoms with E-state index >= 15 is 0 Å². The first-order valence-electron chi connectivity index (χ1n) is 13.4. The summed E-state index contributed by atoms with van der Waals surface area (Å²) in [5, 5.41) is 14.2. The lowest BCUT2D eigenvalue weighted by atomic mass is 9.88. The SMILES string of the molecule is CC(=O)NCc1ccc(-c2cnc(C3CN(C(=O)c4ccc(NC(=O)[C@@H]5CCCN5)s4)C3)s2)cc1C1CNC1. The Bertz CT molecular complexity index is 1390. The largest absolute Gasteiger partial charge is 0.352 e. The number of amides is 3. The van der Waals surface area contributed by atoms with E-state index in [1.807, 2.05) is 17.2 Å². The molecule has 3 aliphatic heterocycles. The Labute approximate surface area is 235 Å². The Balaban J connectivity index is 1.07. The third-order valence-corrected chi connectivity index (χ3v) is 9.86. The summed E-state index contributed by atoms with van der Waals surface area (Å²) in [7, 11) is 0. The van der Waals surface area contributed by atoms with Crippen LogP contribution in [0.15, 0.2) is 36.5 Å². The number of carbonyl (C=O) groups is 3. The Morgan fingerprint density at radius 1 is 1.10 bits per heavy atom. The summed E-state index contributed by atoms with van der Waals surface area (Å²) in [5.74, 6) is 0.629. The average molecular weight is 565 g/mol. The molecule has 9 nitrogen and oxygen atoms in total. The third kappa shape index (κ3) is 5.62. The van der Waals surface area contributed by atoms with Gasteiger partial charge in [-0.25, -0.2) is 4.98 Å². The lowest BCUT2D eigenvalue weighted by molar-refractivity contribution is -0.119. The minimum absolute atomic E-state index is 0.000953. The van der Waals surface area contributed by atoms with Gasteiger partial charge in [-0.2, -0.15) is 0 Å². The van der Waals surface area contributed by atoms with Crippen LogP contribution >= 0.6 is 22.7 Å². The summed E-state index contributed by atoms with van der Waals surface area (Å²) in [6.45, 7) is 6.14. The molecule has 6 rings (SSSR count). The van der Waals surface area contributed by atoms with Crippen LogP contribution in [0.25, 0.3) is 10.4 Å². The van der Waals surface area contributed by atoms with Crippen LogP contribution in [0, 0.1) is 0 Å². The minimum atomic E-state index is -0.144. The predicted octanol–water partition coefficient (Wildman–Crippen LogP) is 3.12. The van der Waals surface area contributed by atoms with Gasteiger partial charge in [0.25, 0.3) is 5.91 Å². The number of likely N-dealkylation sites (tertiary alicyclic amines) is 1. The molecule has 1 aromatic carbocycles. The summed E-state index contributed by atoms with van der Waals surface area (Å²) >= 11 is 3.02. The molecule has 204 valence electrons. The van der Waals surface area contributed by atoms with Crippen LogP contribution in [-0.4, -0.2) is 66.4 Å².